The van der Waals surface area contributed by atoms with Gasteiger partial charge in [-0.15, -0.1) is 0 Å². The molecule has 59 heavy (non-hydrogen) atoms. The number of ether oxygens (including phenoxy) is 4. The molecule has 12 atom stereocenters. The van der Waals surface area contributed by atoms with Gasteiger partial charge in [0.05, 0.1) is 32.0 Å². The Morgan fingerprint density at radius 2 is 1.05 bits per heavy atom. The molecule has 2 heterocycles. The van der Waals surface area contributed by atoms with E-state index >= 15 is 0 Å². The number of rotatable bonds is 35. The van der Waals surface area contributed by atoms with E-state index < -0.39 is 86.8 Å². The fraction of sp³-hybridized carbons (Fsp3) is 0.933. The standard InChI is InChI=1S/C45H85NO13/c1-3-5-7-9-11-13-15-17-18-20-22-24-26-28-34(49)33(46-37(50)29-27-25-23-21-19-16-14-12-10-8-6-4-2)32-56-44-42(55)40(53)43(36(31-48)58-44)59-45-41(54)39(52)38(51)35(30-47)57-45/h26,28,33-36,38-45,47-49,51-55H,3-25,27,29-32H2,1-2H3,(H,46,50)/b28-26+. The van der Waals surface area contributed by atoms with Gasteiger partial charge in [0, 0.05) is 6.42 Å². The maximum absolute atomic E-state index is 13.1. The molecular weight excluding hydrogens is 762 g/mol. The van der Waals surface area contributed by atoms with Crippen molar-refractivity contribution in [3.8, 4) is 0 Å². The number of aliphatic hydroxyl groups is 8. The number of hydrogen-bond donors (Lipinski definition) is 9. The van der Waals surface area contributed by atoms with Crippen LogP contribution < -0.4 is 5.32 Å². The molecule has 2 saturated heterocycles. The van der Waals surface area contributed by atoms with Crippen LogP contribution in [0.2, 0.25) is 0 Å². The fourth-order valence-corrected chi connectivity index (χ4v) is 7.82. The Morgan fingerprint density at radius 3 is 1.56 bits per heavy atom. The minimum Gasteiger partial charge on any atom is -0.394 e. The number of carbonyl (C=O) groups is 1. The van der Waals surface area contributed by atoms with E-state index in [4.69, 9.17) is 18.9 Å². The third-order valence-electron chi connectivity index (χ3n) is 11.7. The van der Waals surface area contributed by atoms with Gasteiger partial charge in [0.1, 0.15) is 48.8 Å². The number of carbonyl (C=O) groups excluding carboxylic acids is 1. The molecule has 0 aromatic rings. The number of hydrogen-bond acceptors (Lipinski definition) is 13. The Kier molecular flexibility index (Phi) is 30.4. The molecule has 2 aliphatic rings. The van der Waals surface area contributed by atoms with Crippen molar-refractivity contribution >= 4 is 5.91 Å². The molecule has 0 saturated carbocycles. The summed E-state index contributed by atoms with van der Waals surface area (Å²) in [6.07, 6.45) is 15.4. The zero-order valence-corrected chi connectivity index (χ0v) is 36.5. The van der Waals surface area contributed by atoms with Gasteiger partial charge in [-0.05, 0) is 19.3 Å². The van der Waals surface area contributed by atoms with Crippen LogP contribution in [0.1, 0.15) is 174 Å². The molecule has 1 amide bonds. The van der Waals surface area contributed by atoms with E-state index in [1.54, 1.807) is 6.08 Å². The highest BCUT2D eigenvalue weighted by Crippen LogP contribution is 2.30. The second-order valence-electron chi connectivity index (χ2n) is 16.9. The summed E-state index contributed by atoms with van der Waals surface area (Å²) in [6.45, 7) is 2.76. The van der Waals surface area contributed by atoms with Crippen LogP contribution in [-0.2, 0) is 23.7 Å². The summed E-state index contributed by atoms with van der Waals surface area (Å²) >= 11 is 0. The minimum atomic E-state index is -1.78. The lowest BCUT2D eigenvalue weighted by molar-refractivity contribution is -0.359. The van der Waals surface area contributed by atoms with Crippen LogP contribution >= 0.6 is 0 Å². The van der Waals surface area contributed by atoms with Gasteiger partial charge < -0.3 is 65.1 Å². The van der Waals surface area contributed by atoms with Gasteiger partial charge in [-0.3, -0.25) is 4.79 Å². The summed E-state index contributed by atoms with van der Waals surface area (Å²) in [7, 11) is 0. The normalized spacial score (nSPS) is 28.6. The predicted molar refractivity (Wildman–Crippen MR) is 226 cm³/mol. The van der Waals surface area contributed by atoms with Crippen LogP contribution in [0, 0.1) is 0 Å². The van der Waals surface area contributed by atoms with Gasteiger partial charge in [-0.1, -0.05) is 161 Å². The maximum Gasteiger partial charge on any atom is 0.220 e. The van der Waals surface area contributed by atoms with Crippen LogP contribution in [0.15, 0.2) is 12.2 Å². The third-order valence-corrected chi connectivity index (χ3v) is 11.7. The molecule has 0 radical (unpaired) electrons. The zero-order chi connectivity index (χ0) is 43.3. The Bertz CT molecular complexity index is 1050. The van der Waals surface area contributed by atoms with Gasteiger partial charge in [-0.25, -0.2) is 0 Å². The summed E-state index contributed by atoms with van der Waals surface area (Å²) in [5, 5.41) is 86.4. The lowest BCUT2D eigenvalue weighted by Crippen LogP contribution is -2.65. The predicted octanol–water partition coefficient (Wildman–Crippen LogP) is 4.82. The SMILES string of the molecule is CCCCCCCCCCCCC/C=C/C(O)C(COC1OC(CO)C(OC2OC(CO)C(O)C(O)C2O)C(O)C1O)NC(=O)CCCCCCCCCCCCCC. The topological polar surface area (TPSA) is 228 Å². The average molecular weight is 848 g/mol. The first-order valence-electron chi connectivity index (χ1n) is 23.4. The van der Waals surface area contributed by atoms with Crippen molar-refractivity contribution in [1.82, 2.24) is 5.32 Å². The number of aliphatic hydroxyl groups excluding tert-OH is 8. The first-order valence-corrected chi connectivity index (χ1v) is 23.4. The lowest BCUT2D eigenvalue weighted by Gasteiger charge is -2.46. The minimum absolute atomic E-state index is 0.241. The van der Waals surface area contributed by atoms with Gasteiger partial charge in [0.15, 0.2) is 12.6 Å². The van der Waals surface area contributed by atoms with E-state index in [0.29, 0.717) is 6.42 Å². The van der Waals surface area contributed by atoms with E-state index in [2.05, 4.69) is 19.2 Å². The molecule has 2 aliphatic heterocycles. The van der Waals surface area contributed by atoms with Crippen LogP contribution in [0.5, 0.6) is 0 Å². The number of amides is 1. The van der Waals surface area contributed by atoms with Gasteiger partial charge in [-0.2, -0.15) is 0 Å². The molecule has 2 fully saturated rings. The smallest absolute Gasteiger partial charge is 0.220 e. The molecule has 0 aromatic carbocycles. The van der Waals surface area contributed by atoms with Crippen molar-refractivity contribution in [3.05, 3.63) is 12.2 Å². The Labute approximate surface area is 355 Å². The van der Waals surface area contributed by atoms with E-state index in [9.17, 15) is 45.6 Å². The highest BCUT2D eigenvalue weighted by atomic mass is 16.7. The Hall–Kier alpha value is -1.27. The first kappa shape index (κ1) is 53.9. The lowest BCUT2D eigenvalue weighted by atomic mass is 9.97. The average Bonchev–Trinajstić information content (AvgIpc) is 3.23. The number of allylic oxidation sites excluding steroid dienone is 1. The van der Waals surface area contributed by atoms with Gasteiger partial charge in [0.25, 0.3) is 0 Å². The van der Waals surface area contributed by atoms with Crippen molar-refractivity contribution in [2.75, 3.05) is 19.8 Å². The molecule has 0 aromatic heterocycles. The molecule has 0 spiro atoms. The molecule has 348 valence electrons. The zero-order valence-electron chi connectivity index (χ0n) is 36.5. The van der Waals surface area contributed by atoms with Crippen LogP contribution in [0.3, 0.4) is 0 Å². The number of unbranched alkanes of at least 4 members (excludes halogenated alkanes) is 22. The number of nitrogens with one attached hydrogen (secondary N) is 1. The molecule has 9 N–H and O–H groups in total. The van der Waals surface area contributed by atoms with Gasteiger partial charge >= 0.3 is 0 Å². The summed E-state index contributed by atoms with van der Waals surface area (Å²) in [5.74, 6) is -0.241. The third kappa shape index (κ3) is 21.6. The van der Waals surface area contributed by atoms with Crippen molar-refractivity contribution in [3.63, 3.8) is 0 Å². The second kappa shape index (κ2) is 33.3. The highest BCUT2D eigenvalue weighted by Gasteiger charge is 2.50. The van der Waals surface area contributed by atoms with Gasteiger partial charge in [0.2, 0.25) is 5.91 Å². The molecule has 0 aliphatic carbocycles. The Balaban J connectivity index is 1.90. The van der Waals surface area contributed by atoms with Crippen LogP contribution in [-0.4, -0.2) is 140 Å². The quantitative estimate of drug-likeness (QED) is 0.0308. The van der Waals surface area contributed by atoms with E-state index in [0.717, 1.165) is 38.5 Å². The Morgan fingerprint density at radius 1 is 0.593 bits per heavy atom. The maximum atomic E-state index is 13.1. The fourth-order valence-electron chi connectivity index (χ4n) is 7.82. The van der Waals surface area contributed by atoms with E-state index in [1.165, 1.54) is 109 Å². The molecule has 14 heteroatoms. The van der Waals surface area contributed by atoms with E-state index in [1.807, 2.05) is 6.08 Å². The van der Waals surface area contributed by atoms with Crippen molar-refractivity contribution in [2.45, 2.75) is 248 Å². The molecule has 12 unspecified atom stereocenters. The summed E-state index contributed by atoms with van der Waals surface area (Å²) < 4.78 is 22.6. The molecular formula is C45H85NO13. The summed E-state index contributed by atoms with van der Waals surface area (Å²) in [4.78, 5) is 13.1. The monoisotopic (exact) mass is 848 g/mol. The van der Waals surface area contributed by atoms with Crippen molar-refractivity contribution in [2.24, 2.45) is 0 Å². The molecule has 2 rings (SSSR count). The summed E-state index contributed by atoms with van der Waals surface area (Å²) in [6, 6.07) is -0.906. The van der Waals surface area contributed by atoms with Crippen molar-refractivity contribution < 1.29 is 64.6 Å². The van der Waals surface area contributed by atoms with E-state index in [-0.39, 0.29) is 18.9 Å². The first-order chi connectivity index (χ1) is 28.6. The summed E-state index contributed by atoms with van der Waals surface area (Å²) in [5.41, 5.74) is 0. The van der Waals surface area contributed by atoms with Crippen molar-refractivity contribution in [1.29, 1.82) is 0 Å². The highest BCUT2D eigenvalue weighted by molar-refractivity contribution is 5.76. The molecule has 0 bridgehead atoms. The molecule has 14 nitrogen and oxygen atoms in total. The van der Waals surface area contributed by atoms with Crippen LogP contribution in [0.25, 0.3) is 0 Å². The second-order valence-corrected chi connectivity index (χ2v) is 16.9. The van der Waals surface area contributed by atoms with Crippen LogP contribution in [0.4, 0.5) is 0 Å². The largest absolute Gasteiger partial charge is 0.394 e.